The number of allylic oxidation sites excluding steroid dienone is 1. The number of carbonyl (C=O) groups is 1. The van der Waals surface area contributed by atoms with Crippen molar-refractivity contribution < 1.29 is 13.6 Å². The highest BCUT2D eigenvalue weighted by molar-refractivity contribution is 8.00. The number of nitrogens with one attached hydrogen (secondary N) is 1. The third kappa shape index (κ3) is 4.38. The lowest BCUT2D eigenvalue weighted by Crippen LogP contribution is -2.46. The van der Waals surface area contributed by atoms with Crippen molar-refractivity contribution in [1.82, 2.24) is 19.6 Å². The molecule has 7 nitrogen and oxygen atoms in total. The van der Waals surface area contributed by atoms with Crippen LogP contribution in [0, 0.1) is 5.92 Å². The average molecular weight is 408 g/mol. The Kier molecular flexibility index (Phi) is 6.08. The molecule has 3 heterocycles. The van der Waals surface area contributed by atoms with Crippen LogP contribution >= 0.6 is 11.8 Å². The summed E-state index contributed by atoms with van der Waals surface area (Å²) < 4.78 is 31.5. The minimum atomic E-state index is -2.96. The number of rotatable bonds is 5. The van der Waals surface area contributed by atoms with Gasteiger partial charge < -0.3 is 26.1 Å². The number of hydrogen-bond acceptors (Lipinski definition) is 5. The molecule has 2 aromatic heterocycles. The zero-order chi connectivity index (χ0) is 20.1. The summed E-state index contributed by atoms with van der Waals surface area (Å²) in [6, 6.07) is 2.99. The number of alkyl halides is 2. The van der Waals surface area contributed by atoms with Crippen LogP contribution in [0.15, 0.2) is 59.8 Å². The van der Waals surface area contributed by atoms with Crippen molar-refractivity contribution in [1.29, 1.82) is 0 Å². The molecule has 0 spiro atoms. The Hall–Kier alpha value is -2.75. The first-order valence-electron chi connectivity index (χ1n) is 8.79. The number of hydrogen-bond donors (Lipinski definition) is 3. The minimum Gasteiger partial charge on any atom is -0.405 e. The van der Waals surface area contributed by atoms with Crippen molar-refractivity contribution in [3.63, 3.8) is 0 Å². The number of fused-ring (bicyclic) bond motifs is 1. The van der Waals surface area contributed by atoms with Gasteiger partial charge in [-0.15, -0.1) is 0 Å². The second-order valence-electron chi connectivity index (χ2n) is 6.37. The van der Waals surface area contributed by atoms with Gasteiger partial charge in [0.25, 0.3) is 0 Å². The number of amides is 2. The lowest BCUT2D eigenvalue weighted by Gasteiger charge is -2.35. The summed E-state index contributed by atoms with van der Waals surface area (Å²) in [5.41, 5.74) is 11.6. The van der Waals surface area contributed by atoms with Gasteiger partial charge in [0, 0.05) is 43.8 Å². The number of urea groups is 1. The van der Waals surface area contributed by atoms with Crippen LogP contribution in [0.4, 0.5) is 13.6 Å². The molecule has 0 aromatic carbocycles. The molecule has 0 atom stereocenters. The number of thioether (sulfide) groups is 1. The Balaban J connectivity index is 1.60. The second kappa shape index (κ2) is 8.51. The van der Waals surface area contributed by atoms with Crippen molar-refractivity contribution in [2.45, 2.75) is 23.0 Å². The number of imidazole rings is 1. The first kappa shape index (κ1) is 20.0. The molecule has 2 amide bonds. The third-order valence-electron chi connectivity index (χ3n) is 4.59. The molecular weight excluding hydrogens is 386 g/mol. The Morgan fingerprint density at radius 3 is 2.75 bits per heavy atom. The van der Waals surface area contributed by atoms with Crippen molar-refractivity contribution in [2.24, 2.45) is 17.4 Å². The summed E-state index contributed by atoms with van der Waals surface area (Å²) in [6.45, 7) is 0.481. The van der Waals surface area contributed by atoms with E-state index >= 15 is 0 Å². The Morgan fingerprint density at radius 1 is 1.32 bits per heavy atom. The fourth-order valence-electron chi connectivity index (χ4n) is 3.10. The number of nitrogens with two attached hydrogens (primary N) is 2. The minimum absolute atomic E-state index is 0.208. The lowest BCUT2D eigenvalue weighted by atomic mass is 9.97. The van der Waals surface area contributed by atoms with E-state index in [0.717, 1.165) is 0 Å². The van der Waals surface area contributed by atoms with E-state index in [9.17, 15) is 13.6 Å². The molecule has 0 aliphatic carbocycles. The van der Waals surface area contributed by atoms with E-state index < -0.39 is 11.2 Å². The molecule has 0 bridgehead atoms. The quantitative estimate of drug-likeness (QED) is 0.522. The summed E-state index contributed by atoms with van der Waals surface area (Å²) in [4.78, 5) is 18.3. The molecule has 0 unspecified atom stereocenters. The fraction of sp³-hybridized carbons (Fsp3) is 0.333. The van der Waals surface area contributed by atoms with Gasteiger partial charge in [-0.1, -0.05) is 0 Å². The van der Waals surface area contributed by atoms with E-state index in [-0.39, 0.29) is 32.0 Å². The van der Waals surface area contributed by atoms with Crippen LogP contribution < -0.4 is 16.8 Å². The molecule has 5 N–H and O–H groups in total. The van der Waals surface area contributed by atoms with Gasteiger partial charge in [-0.2, -0.15) is 8.78 Å². The van der Waals surface area contributed by atoms with Crippen molar-refractivity contribution in [3.8, 4) is 0 Å². The van der Waals surface area contributed by atoms with E-state index in [4.69, 9.17) is 11.5 Å². The molecule has 1 aliphatic rings. The van der Waals surface area contributed by atoms with Gasteiger partial charge in [0.05, 0.1) is 10.6 Å². The van der Waals surface area contributed by atoms with Crippen molar-refractivity contribution in [2.75, 3.05) is 13.1 Å². The molecule has 1 aliphatic heterocycles. The third-order valence-corrected chi connectivity index (χ3v) is 5.74. The molecule has 0 saturated carbocycles. The topological polar surface area (TPSA) is 102 Å². The maximum Gasteiger partial charge on any atom is 0.321 e. The van der Waals surface area contributed by atoms with Gasteiger partial charge >= 0.3 is 11.3 Å². The maximum absolute atomic E-state index is 14.9. The van der Waals surface area contributed by atoms with Crippen molar-refractivity contribution in [3.05, 3.63) is 54.9 Å². The van der Waals surface area contributed by atoms with Crippen LogP contribution in [0.3, 0.4) is 0 Å². The van der Waals surface area contributed by atoms with Gasteiger partial charge in [0.2, 0.25) is 0 Å². The Bertz CT molecular complexity index is 889. The highest BCUT2D eigenvalue weighted by atomic mass is 32.2. The van der Waals surface area contributed by atoms with E-state index in [2.05, 4.69) is 10.3 Å². The van der Waals surface area contributed by atoms with Crippen LogP contribution in [0.25, 0.3) is 5.65 Å². The number of halogens is 2. The number of nitrogens with zero attached hydrogens (tertiary/aromatic N) is 3. The predicted octanol–water partition coefficient (Wildman–Crippen LogP) is 2.71. The van der Waals surface area contributed by atoms with Crippen LogP contribution in [0.2, 0.25) is 0 Å². The van der Waals surface area contributed by atoms with Crippen LogP contribution in [0.1, 0.15) is 12.8 Å². The highest BCUT2D eigenvalue weighted by Gasteiger charge is 2.43. The van der Waals surface area contributed by atoms with E-state index in [1.54, 1.807) is 35.1 Å². The summed E-state index contributed by atoms with van der Waals surface area (Å²) in [7, 11) is 0. The number of aromatic nitrogens is 2. The lowest BCUT2D eigenvalue weighted by molar-refractivity contribution is 0.00937. The number of carbonyl (C=O) groups excluding carboxylic acids is 1. The van der Waals surface area contributed by atoms with Crippen LogP contribution in [-0.4, -0.2) is 38.7 Å². The average Bonchev–Trinajstić information content (AvgIpc) is 3.17. The summed E-state index contributed by atoms with van der Waals surface area (Å²) in [5, 5.41) is -0.357. The molecule has 1 saturated heterocycles. The number of piperidine rings is 1. The highest BCUT2D eigenvalue weighted by Crippen LogP contribution is 2.46. The van der Waals surface area contributed by atoms with E-state index in [0.29, 0.717) is 28.0 Å². The molecule has 3 rings (SSSR count). The zero-order valence-corrected chi connectivity index (χ0v) is 15.9. The molecule has 28 heavy (non-hydrogen) atoms. The first-order chi connectivity index (χ1) is 13.4. The predicted molar refractivity (Wildman–Crippen MR) is 104 cm³/mol. The maximum atomic E-state index is 14.9. The van der Waals surface area contributed by atoms with Crippen LogP contribution in [-0.2, 0) is 0 Å². The van der Waals surface area contributed by atoms with Gasteiger partial charge in [0.15, 0.2) is 5.65 Å². The van der Waals surface area contributed by atoms with Gasteiger partial charge in [-0.25, -0.2) is 9.78 Å². The smallest absolute Gasteiger partial charge is 0.321 e. The second-order valence-corrected chi connectivity index (χ2v) is 7.56. The standard InChI is InChI=1S/C18H22F2N6OS/c19-18(20,28-15-2-1-8-25-11-7-23-16(15)25)13-4-9-26(10-5-13)17(27)24-14(12-22)3-6-21/h1-3,6-8,11-13H,4-5,9-10,21-22H2,(H,24,27)/b6-3-,14-12+. The SMILES string of the molecule is N/C=C\C(=C/N)NC(=O)N1CCC(C(F)(F)Sc2cccn3ccnc23)CC1. The molecular formula is C18H22F2N6OS. The first-order valence-corrected chi connectivity index (χ1v) is 9.61. The number of likely N-dealkylation sites (tertiary alicyclic amines) is 1. The Morgan fingerprint density at radius 2 is 2.07 bits per heavy atom. The molecule has 150 valence electrons. The van der Waals surface area contributed by atoms with Gasteiger partial charge in [-0.05, 0) is 49.0 Å². The summed E-state index contributed by atoms with van der Waals surface area (Å²) in [6.07, 6.45) is 9.41. The number of pyridine rings is 1. The van der Waals surface area contributed by atoms with Crippen molar-refractivity contribution >= 4 is 23.4 Å². The van der Waals surface area contributed by atoms with Gasteiger partial charge in [-0.3, -0.25) is 0 Å². The van der Waals surface area contributed by atoms with Gasteiger partial charge in [0.1, 0.15) is 0 Å². The largest absolute Gasteiger partial charge is 0.405 e. The summed E-state index contributed by atoms with van der Waals surface area (Å²) >= 11 is 0.533. The van der Waals surface area contributed by atoms with Crippen LogP contribution in [0.5, 0.6) is 0 Å². The fourth-order valence-corrected chi connectivity index (χ4v) is 4.19. The van der Waals surface area contributed by atoms with E-state index in [1.165, 1.54) is 23.4 Å². The normalized spacial score (nSPS) is 16.8. The Labute approximate surface area is 165 Å². The summed E-state index contributed by atoms with van der Waals surface area (Å²) in [5.74, 6) is -0.828. The molecule has 10 heteroatoms. The molecule has 0 radical (unpaired) electrons. The molecule has 1 fully saturated rings. The monoisotopic (exact) mass is 408 g/mol. The molecule has 2 aromatic rings. The van der Waals surface area contributed by atoms with E-state index in [1.807, 2.05) is 0 Å². The zero-order valence-electron chi connectivity index (χ0n) is 15.1.